The fraction of sp³-hybridized carbons (Fsp3) is 0.400. The second-order valence-electron chi connectivity index (χ2n) is 4.63. The van der Waals surface area contributed by atoms with Gasteiger partial charge in [-0.05, 0) is 18.7 Å². The van der Waals surface area contributed by atoms with E-state index in [2.05, 4.69) is 16.0 Å². The van der Waals surface area contributed by atoms with Gasteiger partial charge in [-0.15, -0.1) is 0 Å². The SMILES string of the molecule is CSCC(NC(=O)N[C@@H](C)c1ccccc1)C(=O)NCC#N. The Hall–Kier alpha value is -2.20. The van der Waals surface area contributed by atoms with Gasteiger partial charge in [0.25, 0.3) is 0 Å². The molecule has 7 heteroatoms. The second kappa shape index (κ2) is 9.68. The smallest absolute Gasteiger partial charge is 0.315 e. The first-order valence-electron chi connectivity index (χ1n) is 6.84. The van der Waals surface area contributed by atoms with Crippen LogP contribution in [0.5, 0.6) is 0 Å². The van der Waals surface area contributed by atoms with E-state index in [1.807, 2.05) is 49.6 Å². The van der Waals surface area contributed by atoms with E-state index in [1.165, 1.54) is 11.8 Å². The molecule has 0 aliphatic carbocycles. The number of benzene rings is 1. The molecule has 0 spiro atoms. The van der Waals surface area contributed by atoms with Gasteiger partial charge in [-0.3, -0.25) is 4.79 Å². The molecule has 3 N–H and O–H groups in total. The Morgan fingerprint density at radius 3 is 2.55 bits per heavy atom. The summed E-state index contributed by atoms with van der Waals surface area (Å²) in [5.41, 5.74) is 0.980. The maximum absolute atomic E-state index is 12.0. The van der Waals surface area contributed by atoms with Crippen LogP contribution in [0.4, 0.5) is 4.79 Å². The van der Waals surface area contributed by atoms with Gasteiger partial charge in [-0.25, -0.2) is 4.79 Å². The number of thioether (sulfide) groups is 1. The van der Waals surface area contributed by atoms with Gasteiger partial charge in [0.15, 0.2) is 0 Å². The number of carbonyl (C=O) groups is 2. The Bertz CT molecular complexity index is 530. The number of amides is 3. The Labute approximate surface area is 134 Å². The van der Waals surface area contributed by atoms with Gasteiger partial charge in [-0.1, -0.05) is 30.3 Å². The molecule has 0 aliphatic heterocycles. The first-order valence-corrected chi connectivity index (χ1v) is 8.23. The van der Waals surface area contributed by atoms with Crippen LogP contribution in [-0.2, 0) is 4.79 Å². The van der Waals surface area contributed by atoms with E-state index in [-0.39, 0.29) is 18.5 Å². The van der Waals surface area contributed by atoms with Crippen LogP contribution in [0.25, 0.3) is 0 Å². The highest BCUT2D eigenvalue weighted by Gasteiger charge is 2.20. The molecule has 6 nitrogen and oxygen atoms in total. The zero-order chi connectivity index (χ0) is 16.4. The van der Waals surface area contributed by atoms with E-state index in [0.717, 1.165) is 5.56 Å². The van der Waals surface area contributed by atoms with Crippen LogP contribution in [0.3, 0.4) is 0 Å². The second-order valence-corrected chi connectivity index (χ2v) is 5.54. The van der Waals surface area contributed by atoms with Gasteiger partial charge >= 0.3 is 6.03 Å². The third-order valence-corrected chi connectivity index (χ3v) is 3.61. The van der Waals surface area contributed by atoms with Crippen molar-refractivity contribution in [2.45, 2.75) is 19.0 Å². The fourth-order valence-corrected chi connectivity index (χ4v) is 2.39. The number of hydrogen-bond acceptors (Lipinski definition) is 4. The highest BCUT2D eigenvalue weighted by atomic mass is 32.2. The Kier molecular flexibility index (Phi) is 7.86. The lowest BCUT2D eigenvalue weighted by molar-refractivity contribution is -0.122. The first-order chi connectivity index (χ1) is 10.6. The summed E-state index contributed by atoms with van der Waals surface area (Å²) in [6.07, 6.45) is 1.84. The standard InChI is InChI=1S/C15H20N4O2S/c1-11(12-6-4-3-5-7-12)18-15(21)19-13(10-22-2)14(20)17-9-8-16/h3-7,11,13H,9-10H2,1-2H3,(H,17,20)(H2,18,19,21)/t11-,13?/m0/s1. The van der Waals surface area contributed by atoms with Crippen molar-refractivity contribution < 1.29 is 9.59 Å². The molecule has 0 radical (unpaired) electrons. The Morgan fingerprint density at radius 2 is 1.95 bits per heavy atom. The normalized spacial score (nSPS) is 12.6. The van der Waals surface area contributed by atoms with Gasteiger partial charge in [0.05, 0.1) is 12.1 Å². The molecule has 0 aromatic heterocycles. The van der Waals surface area contributed by atoms with Crippen LogP contribution in [0, 0.1) is 11.3 Å². The molecule has 1 unspecified atom stereocenters. The van der Waals surface area contributed by atoms with E-state index in [0.29, 0.717) is 5.75 Å². The summed E-state index contributed by atoms with van der Waals surface area (Å²) in [5, 5.41) is 16.4. The summed E-state index contributed by atoms with van der Waals surface area (Å²) in [6.45, 7) is 1.79. The lowest BCUT2D eigenvalue weighted by Crippen LogP contribution is -2.51. The average Bonchev–Trinajstić information content (AvgIpc) is 2.52. The monoisotopic (exact) mass is 320 g/mol. The zero-order valence-electron chi connectivity index (χ0n) is 12.6. The van der Waals surface area contributed by atoms with E-state index in [9.17, 15) is 9.59 Å². The van der Waals surface area contributed by atoms with Crippen molar-refractivity contribution in [2.75, 3.05) is 18.6 Å². The van der Waals surface area contributed by atoms with Crippen LogP contribution in [0.2, 0.25) is 0 Å². The molecule has 0 heterocycles. The Morgan fingerprint density at radius 1 is 1.27 bits per heavy atom. The molecule has 118 valence electrons. The number of hydrogen-bond donors (Lipinski definition) is 3. The van der Waals surface area contributed by atoms with Crippen molar-refractivity contribution in [3.05, 3.63) is 35.9 Å². The van der Waals surface area contributed by atoms with Crippen LogP contribution in [0.1, 0.15) is 18.5 Å². The number of nitrogens with one attached hydrogen (secondary N) is 3. The van der Waals surface area contributed by atoms with Crippen molar-refractivity contribution in [1.82, 2.24) is 16.0 Å². The molecular weight excluding hydrogens is 300 g/mol. The molecular formula is C15H20N4O2S. The molecule has 0 fully saturated rings. The lowest BCUT2D eigenvalue weighted by Gasteiger charge is -2.20. The van der Waals surface area contributed by atoms with Gasteiger partial charge in [-0.2, -0.15) is 17.0 Å². The minimum absolute atomic E-state index is 0.0760. The molecule has 0 saturated carbocycles. The maximum atomic E-state index is 12.0. The summed E-state index contributed by atoms with van der Waals surface area (Å²) < 4.78 is 0. The van der Waals surface area contributed by atoms with Gasteiger partial charge < -0.3 is 16.0 Å². The van der Waals surface area contributed by atoms with Crippen LogP contribution in [-0.4, -0.2) is 36.5 Å². The third-order valence-electron chi connectivity index (χ3n) is 2.94. The van der Waals surface area contributed by atoms with Crippen molar-refractivity contribution in [3.63, 3.8) is 0 Å². The molecule has 0 aliphatic rings. The third kappa shape index (κ3) is 6.06. The quantitative estimate of drug-likeness (QED) is 0.662. The average molecular weight is 320 g/mol. The highest BCUT2D eigenvalue weighted by molar-refractivity contribution is 7.98. The Balaban J connectivity index is 2.56. The summed E-state index contributed by atoms with van der Waals surface area (Å²) in [5.74, 6) is 0.0723. The molecule has 2 atom stereocenters. The van der Waals surface area contributed by atoms with Crippen molar-refractivity contribution in [1.29, 1.82) is 5.26 Å². The number of urea groups is 1. The lowest BCUT2D eigenvalue weighted by atomic mass is 10.1. The van der Waals surface area contributed by atoms with Crippen molar-refractivity contribution >= 4 is 23.7 Å². The summed E-state index contributed by atoms with van der Waals surface area (Å²) in [6, 6.07) is 10.1. The van der Waals surface area contributed by atoms with Crippen LogP contribution >= 0.6 is 11.8 Å². The number of carbonyl (C=O) groups excluding carboxylic acids is 2. The van der Waals surface area contributed by atoms with Crippen LogP contribution in [0.15, 0.2) is 30.3 Å². The molecule has 0 bridgehead atoms. The molecule has 22 heavy (non-hydrogen) atoms. The summed E-state index contributed by atoms with van der Waals surface area (Å²) >= 11 is 1.44. The van der Waals surface area contributed by atoms with Gasteiger partial charge in [0.1, 0.15) is 12.6 Å². The predicted molar refractivity (Wildman–Crippen MR) is 87.3 cm³/mol. The molecule has 1 rings (SSSR count). The van der Waals surface area contributed by atoms with E-state index in [4.69, 9.17) is 5.26 Å². The van der Waals surface area contributed by atoms with E-state index < -0.39 is 12.1 Å². The topological polar surface area (TPSA) is 94.0 Å². The van der Waals surface area contributed by atoms with Gasteiger partial charge in [0, 0.05) is 5.75 Å². The minimum Gasteiger partial charge on any atom is -0.341 e. The summed E-state index contributed by atoms with van der Waals surface area (Å²) in [4.78, 5) is 23.9. The van der Waals surface area contributed by atoms with E-state index in [1.54, 1.807) is 0 Å². The highest BCUT2D eigenvalue weighted by Crippen LogP contribution is 2.10. The number of nitriles is 1. The molecule has 1 aromatic carbocycles. The maximum Gasteiger partial charge on any atom is 0.315 e. The molecule has 0 saturated heterocycles. The zero-order valence-corrected chi connectivity index (χ0v) is 13.4. The van der Waals surface area contributed by atoms with Crippen molar-refractivity contribution in [2.24, 2.45) is 0 Å². The van der Waals surface area contributed by atoms with Crippen LogP contribution < -0.4 is 16.0 Å². The fourth-order valence-electron chi connectivity index (χ4n) is 1.82. The summed E-state index contributed by atoms with van der Waals surface area (Å²) in [7, 11) is 0. The van der Waals surface area contributed by atoms with Gasteiger partial charge in [0.2, 0.25) is 5.91 Å². The largest absolute Gasteiger partial charge is 0.341 e. The number of rotatable bonds is 7. The molecule has 3 amide bonds. The molecule has 1 aromatic rings. The van der Waals surface area contributed by atoms with Crippen molar-refractivity contribution in [3.8, 4) is 6.07 Å². The minimum atomic E-state index is -0.675. The number of nitrogens with zero attached hydrogens (tertiary/aromatic N) is 1. The predicted octanol–water partition coefficient (Wildman–Crippen LogP) is 1.42. The van der Waals surface area contributed by atoms with E-state index >= 15 is 0 Å². The first kappa shape index (κ1) is 17.9.